The second-order valence-electron chi connectivity index (χ2n) is 6.59. The number of anilines is 2. The van der Waals surface area contributed by atoms with E-state index in [1.54, 1.807) is 11.4 Å². The van der Waals surface area contributed by atoms with Crippen LogP contribution in [0.2, 0.25) is 0 Å². The summed E-state index contributed by atoms with van der Waals surface area (Å²) in [6, 6.07) is 1.60. The Morgan fingerprint density at radius 1 is 1.41 bits per heavy atom. The summed E-state index contributed by atoms with van der Waals surface area (Å²) in [4.78, 5) is 22.3. The Morgan fingerprint density at radius 2 is 2.11 bits per heavy atom. The van der Waals surface area contributed by atoms with Crippen LogP contribution in [0.5, 0.6) is 0 Å². The Bertz CT molecular complexity index is 851. The standard InChI is InChI=1S/C18H19F3N4OS/c1-10-9-12(10)14-13(22)3-5-23-15(14)25(7-4-18(19,20)21)17(26)11(2)16-24-6-8-27-16/h3,5-6,8,10,12H,2,4,7,9H2,1H3,(H2,22,23). The molecule has 9 heteroatoms. The number of nitrogens with zero attached hydrogens (tertiary/aromatic N) is 3. The van der Waals surface area contributed by atoms with Gasteiger partial charge in [-0.25, -0.2) is 9.97 Å². The molecule has 2 N–H and O–H groups in total. The van der Waals surface area contributed by atoms with Gasteiger partial charge in [0.05, 0.1) is 12.0 Å². The van der Waals surface area contributed by atoms with Gasteiger partial charge in [-0.3, -0.25) is 9.69 Å². The van der Waals surface area contributed by atoms with Crippen molar-refractivity contribution >= 4 is 34.3 Å². The van der Waals surface area contributed by atoms with E-state index in [1.165, 1.54) is 23.7 Å². The molecule has 144 valence electrons. The van der Waals surface area contributed by atoms with Gasteiger partial charge in [-0.15, -0.1) is 11.3 Å². The lowest BCUT2D eigenvalue weighted by atomic mass is 10.1. The van der Waals surface area contributed by atoms with Crippen LogP contribution >= 0.6 is 11.3 Å². The van der Waals surface area contributed by atoms with Crippen LogP contribution in [0.4, 0.5) is 24.7 Å². The van der Waals surface area contributed by atoms with E-state index >= 15 is 0 Å². The maximum Gasteiger partial charge on any atom is 0.390 e. The van der Waals surface area contributed by atoms with Gasteiger partial charge >= 0.3 is 6.18 Å². The van der Waals surface area contributed by atoms with E-state index in [2.05, 4.69) is 16.5 Å². The van der Waals surface area contributed by atoms with Crippen molar-refractivity contribution in [1.29, 1.82) is 0 Å². The van der Waals surface area contributed by atoms with Gasteiger partial charge in [-0.1, -0.05) is 13.5 Å². The van der Waals surface area contributed by atoms with E-state index in [4.69, 9.17) is 5.73 Å². The van der Waals surface area contributed by atoms with Crippen LogP contribution in [0.25, 0.3) is 5.57 Å². The maximum absolute atomic E-state index is 13.0. The number of amides is 1. The maximum atomic E-state index is 13.0. The van der Waals surface area contributed by atoms with E-state index in [1.807, 2.05) is 6.92 Å². The van der Waals surface area contributed by atoms with Crippen molar-refractivity contribution in [2.24, 2.45) is 5.92 Å². The van der Waals surface area contributed by atoms with Gasteiger partial charge in [0.1, 0.15) is 10.8 Å². The highest BCUT2D eigenvalue weighted by Gasteiger charge is 2.40. The SMILES string of the molecule is C=C(C(=O)N(CCC(F)(F)F)c1nccc(N)c1C1CC1C)c1nccs1. The van der Waals surface area contributed by atoms with Crippen LogP contribution < -0.4 is 10.6 Å². The molecule has 0 radical (unpaired) electrons. The smallest absolute Gasteiger partial charge is 0.390 e. The first kappa shape index (κ1) is 19.3. The topological polar surface area (TPSA) is 72.1 Å². The van der Waals surface area contributed by atoms with Crippen molar-refractivity contribution in [3.63, 3.8) is 0 Å². The summed E-state index contributed by atoms with van der Waals surface area (Å²) < 4.78 is 38.6. The number of halogens is 3. The third-order valence-corrected chi connectivity index (χ3v) is 5.38. The van der Waals surface area contributed by atoms with Crippen molar-refractivity contribution in [2.75, 3.05) is 17.2 Å². The summed E-state index contributed by atoms with van der Waals surface area (Å²) in [7, 11) is 0. The fourth-order valence-corrected chi connectivity index (χ4v) is 3.57. The predicted molar refractivity (Wildman–Crippen MR) is 99.3 cm³/mol. The van der Waals surface area contributed by atoms with Gasteiger partial charge in [0.2, 0.25) is 0 Å². The molecule has 0 saturated heterocycles. The monoisotopic (exact) mass is 396 g/mol. The minimum absolute atomic E-state index is 0.0335. The quantitative estimate of drug-likeness (QED) is 0.742. The van der Waals surface area contributed by atoms with E-state index in [0.29, 0.717) is 22.2 Å². The van der Waals surface area contributed by atoms with E-state index < -0.39 is 25.0 Å². The van der Waals surface area contributed by atoms with Gasteiger partial charge in [-0.05, 0) is 24.3 Å². The summed E-state index contributed by atoms with van der Waals surface area (Å²) in [5.41, 5.74) is 7.18. The molecule has 27 heavy (non-hydrogen) atoms. The van der Waals surface area contributed by atoms with E-state index in [-0.39, 0.29) is 17.3 Å². The van der Waals surface area contributed by atoms with Crippen molar-refractivity contribution in [3.8, 4) is 0 Å². The van der Waals surface area contributed by atoms with Crippen LogP contribution in [-0.4, -0.2) is 28.6 Å². The molecule has 0 aliphatic heterocycles. The number of hydrogen-bond acceptors (Lipinski definition) is 5. The number of aromatic nitrogens is 2. The van der Waals surface area contributed by atoms with Gasteiger partial charge in [0, 0.05) is 35.6 Å². The normalized spacial score (nSPS) is 19.0. The molecule has 2 atom stereocenters. The second kappa shape index (κ2) is 7.30. The molecule has 1 fully saturated rings. The summed E-state index contributed by atoms with van der Waals surface area (Å²) in [6.07, 6.45) is -1.79. The first-order chi connectivity index (χ1) is 12.7. The summed E-state index contributed by atoms with van der Waals surface area (Å²) in [6.45, 7) is 5.20. The zero-order valence-corrected chi connectivity index (χ0v) is 15.5. The van der Waals surface area contributed by atoms with Gasteiger partial charge < -0.3 is 5.73 Å². The molecule has 5 nitrogen and oxygen atoms in total. The molecule has 2 unspecified atom stereocenters. The molecule has 2 aromatic heterocycles. The van der Waals surface area contributed by atoms with Crippen LogP contribution in [-0.2, 0) is 4.79 Å². The van der Waals surface area contributed by atoms with Crippen LogP contribution in [0, 0.1) is 5.92 Å². The third kappa shape index (κ3) is 4.29. The highest BCUT2D eigenvalue weighted by atomic mass is 32.1. The lowest BCUT2D eigenvalue weighted by Gasteiger charge is -2.26. The van der Waals surface area contributed by atoms with Crippen LogP contribution in [0.3, 0.4) is 0 Å². The number of nitrogens with two attached hydrogens (primary N) is 1. The van der Waals surface area contributed by atoms with Crippen molar-refractivity contribution in [1.82, 2.24) is 9.97 Å². The molecule has 0 bridgehead atoms. The Kier molecular flexibility index (Phi) is 5.23. The number of carbonyl (C=O) groups excluding carboxylic acids is 1. The number of carbonyl (C=O) groups is 1. The molecule has 3 rings (SSSR count). The zero-order valence-electron chi connectivity index (χ0n) is 14.7. The molecule has 2 aromatic rings. The van der Waals surface area contributed by atoms with E-state index in [0.717, 1.165) is 11.3 Å². The Morgan fingerprint density at radius 3 is 2.67 bits per heavy atom. The average Bonchev–Trinajstić information content (AvgIpc) is 3.09. The van der Waals surface area contributed by atoms with Crippen LogP contribution in [0.1, 0.15) is 36.3 Å². The first-order valence-electron chi connectivity index (χ1n) is 8.40. The van der Waals surface area contributed by atoms with Gasteiger partial charge in [0.15, 0.2) is 0 Å². The number of pyridine rings is 1. The fourth-order valence-electron chi connectivity index (χ4n) is 2.97. The van der Waals surface area contributed by atoms with Crippen molar-refractivity contribution < 1.29 is 18.0 Å². The molecule has 2 heterocycles. The number of alkyl halides is 3. The molecule has 1 aliphatic carbocycles. The first-order valence-corrected chi connectivity index (χ1v) is 9.28. The molecular formula is C18H19F3N4OS. The number of hydrogen-bond donors (Lipinski definition) is 1. The Labute approximate surface area is 158 Å². The highest BCUT2D eigenvalue weighted by Crippen LogP contribution is 2.51. The summed E-state index contributed by atoms with van der Waals surface area (Å²) in [5.74, 6) is -0.0434. The molecular weight excluding hydrogens is 377 g/mol. The highest BCUT2D eigenvalue weighted by molar-refractivity contribution is 7.11. The largest absolute Gasteiger partial charge is 0.398 e. The Balaban J connectivity index is 1.99. The third-order valence-electron chi connectivity index (χ3n) is 4.55. The van der Waals surface area contributed by atoms with Crippen molar-refractivity contribution in [2.45, 2.75) is 31.9 Å². The molecule has 1 saturated carbocycles. The minimum Gasteiger partial charge on any atom is -0.398 e. The number of nitrogen functional groups attached to an aromatic ring is 1. The zero-order chi connectivity index (χ0) is 19.8. The molecule has 1 aliphatic rings. The van der Waals surface area contributed by atoms with Crippen molar-refractivity contribution in [3.05, 3.63) is 41.0 Å². The second-order valence-corrected chi connectivity index (χ2v) is 7.49. The van der Waals surface area contributed by atoms with Gasteiger partial charge in [0.25, 0.3) is 5.91 Å². The number of rotatable bonds is 6. The van der Waals surface area contributed by atoms with Crippen LogP contribution in [0.15, 0.2) is 30.4 Å². The van der Waals surface area contributed by atoms with Gasteiger partial charge in [-0.2, -0.15) is 13.2 Å². The summed E-state index contributed by atoms with van der Waals surface area (Å²) >= 11 is 1.20. The lowest BCUT2D eigenvalue weighted by molar-refractivity contribution is -0.133. The number of thiazole rings is 1. The lowest BCUT2D eigenvalue weighted by Crippen LogP contribution is -2.36. The Hall–Kier alpha value is -2.42. The molecule has 1 amide bonds. The fraction of sp³-hybridized carbons (Fsp3) is 0.389. The minimum atomic E-state index is -4.41. The summed E-state index contributed by atoms with van der Waals surface area (Å²) in [5, 5.41) is 2.03. The molecule has 0 aromatic carbocycles. The average molecular weight is 396 g/mol. The van der Waals surface area contributed by atoms with E-state index in [9.17, 15) is 18.0 Å². The molecule has 0 spiro atoms. The predicted octanol–water partition coefficient (Wildman–Crippen LogP) is 4.24.